The standard InChI is InChI=1S/C25H28F2N8O2/c1-16-15-37-12-11-35(16)23-19-7-10-34(24-28-8-2-9-29-24)14-20(19)32-22(33-23)17-3-5-18(6-4-17)31-25(36)30-13-21(26)27/h2-6,8-9,16,21H,7,10-15H2,1H3,(H2,30,31,36)/t16-/m0/s1. The van der Waals surface area contributed by atoms with E-state index in [0.717, 1.165) is 42.1 Å². The molecule has 1 atom stereocenters. The third kappa shape index (κ3) is 5.74. The van der Waals surface area contributed by atoms with Crippen molar-refractivity contribution in [2.24, 2.45) is 0 Å². The first-order valence-corrected chi connectivity index (χ1v) is 12.2. The Balaban J connectivity index is 1.44. The average molecular weight is 511 g/mol. The van der Waals surface area contributed by atoms with Crippen molar-refractivity contribution in [2.45, 2.75) is 32.4 Å². The lowest BCUT2D eigenvalue weighted by Gasteiger charge is -2.37. The number of nitrogens with zero attached hydrogens (tertiary/aromatic N) is 6. The number of aromatic nitrogens is 4. The summed E-state index contributed by atoms with van der Waals surface area (Å²) >= 11 is 0. The predicted octanol–water partition coefficient (Wildman–Crippen LogP) is 3.11. The van der Waals surface area contributed by atoms with Gasteiger partial charge in [-0.3, -0.25) is 0 Å². The second-order valence-corrected chi connectivity index (χ2v) is 8.94. The maximum absolute atomic E-state index is 12.3. The number of anilines is 3. The molecule has 5 rings (SSSR count). The number of ether oxygens (including phenoxy) is 1. The molecule has 2 aromatic heterocycles. The first kappa shape index (κ1) is 24.8. The van der Waals surface area contributed by atoms with E-state index >= 15 is 0 Å². The minimum atomic E-state index is -2.61. The van der Waals surface area contributed by atoms with Gasteiger partial charge >= 0.3 is 6.03 Å². The van der Waals surface area contributed by atoms with Gasteiger partial charge in [-0.25, -0.2) is 33.5 Å². The number of alkyl halides is 2. The van der Waals surface area contributed by atoms with Gasteiger partial charge in [0.1, 0.15) is 5.82 Å². The van der Waals surface area contributed by atoms with Crippen molar-refractivity contribution in [1.82, 2.24) is 25.3 Å². The van der Waals surface area contributed by atoms with Gasteiger partial charge in [-0.05, 0) is 43.7 Å². The molecule has 4 heterocycles. The normalized spacial score (nSPS) is 17.5. The van der Waals surface area contributed by atoms with Crippen LogP contribution in [0, 0.1) is 0 Å². The molecule has 0 bridgehead atoms. The molecule has 194 valence electrons. The Morgan fingerprint density at radius 3 is 2.68 bits per heavy atom. The highest BCUT2D eigenvalue weighted by Gasteiger charge is 2.29. The van der Waals surface area contributed by atoms with E-state index in [-0.39, 0.29) is 6.04 Å². The van der Waals surface area contributed by atoms with Gasteiger partial charge in [0.15, 0.2) is 5.82 Å². The molecule has 1 saturated heterocycles. The van der Waals surface area contributed by atoms with Crippen molar-refractivity contribution < 1.29 is 18.3 Å². The van der Waals surface area contributed by atoms with Crippen LogP contribution in [0.4, 0.5) is 31.0 Å². The summed E-state index contributed by atoms with van der Waals surface area (Å²) in [5, 5.41) is 4.67. The Labute approximate surface area is 213 Å². The van der Waals surface area contributed by atoms with Crippen LogP contribution in [0.15, 0.2) is 42.7 Å². The van der Waals surface area contributed by atoms with Crippen LogP contribution in [0.1, 0.15) is 18.2 Å². The topological polar surface area (TPSA) is 108 Å². The second kappa shape index (κ2) is 11.0. The second-order valence-electron chi connectivity index (χ2n) is 8.94. The highest BCUT2D eigenvalue weighted by Crippen LogP contribution is 2.32. The third-order valence-electron chi connectivity index (χ3n) is 6.34. The summed E-state index contributed by atoms with van der Waals surface area (Å²) in [5.74, 6) is 2.14. The van der Waals surface area contributed by atoms with Crippen molar-refractivity contribution in [2.75, 3.05) is 48.0 Å². The van der Waals surface area contributed by atoms with Crippen LogP contribution in [0.5, 0.6) is 0 Å². The van der Waals surface area contributed by atoms with Gasteiger partial charge in [0.25, 0.3) is 6.43 Å². The highest BCUT2D eigenvalue weighted by atomic mass is 19.3. The Morgan fingerprint density at radius 2 is 1.95 bits per heavy atom. The number of benzene rings is 1. The van der Waals surface area contributed by atoms with Crippen molar-refractivity contribution in [3.8, 4) is 11.4 Å². The molecule has 0 unspecified atom stereocenters. The molecule has 37 heavy (non-hydrogen) atoms. The lowest BCUT2D eigenvalue weighted by molar-refractivity contribution is 0.0984. The summed E-state index contributed by atoms with van der Waals surface area (Å²) in [6.45, 7) is 4.75. The van der Waals surface area contributed by atoms with Gasteiger partial charge in [0.05, 0.1) is 38.0 Å². The highest BCUT2D eigenvalue weighted by molar-refractivity contribution is 5.89. The molecule has 2 aliphatic rings. The van der Waals surface area contributed by atoms with Crippen LogP contribution in [-0.2, 0) is 17.7 Å². The van der Waals surface area contributed by atoms with Crippen LogP contribution in [-0.4, -0.2) is 71.3 Å². The lowest BCUT2D eigenvalue weighted by Crippen LogP contribution is -2.45. The zero-order valence-corrected chi connectivity index (χ0v) is 20.4. The number of halogens is 2. The van der Waals surface area contributed by atoms with Crippen molar-refractivity contribution >= 4 is 23.5 Å². The van der Waals surface area contributed by atoms with Gasteiger partial charge < -0.3 is 25.2 Å². The van der Waals surface area contributed by atoms with Crippen molar-refractivity contribution in [3.05, 3.63) is 54.0 Å². The van der Waals surface area contributed by atoms with Gasteiger partial charge in [0, 0.05) is 42.3 Å². The van der Waals surface area contributed by atoms with Crippen LogP contribution >= 0.6 is 0 Å². The molecule has 2 amide bonds. The Morgan fingerprint density at radius 1 is 1.16 bits per heavy atom. The summed E-state index contributed by atoms with van der Waals surface area (Å²) in [7, 11) is 0. The molecule has 10 nitrogen and oxygen atoms in total. The molecule has 0 spiro atoms. The van der Waals surface area contributed by atoms with Gasteiger partial charge in [-0.1, -0.05) is 0 Å². The molecule has 2 aliphatic heterocycles. The fourth-order valence-electron chi connectivity index (χ4n) is 4.49. The largest absolute Gasteiger partial charge is 0.377 e. The van der Waals surface area contributed by atoms with Crippen LogP contribution in [0.3, 0.4) is 0 Å². The number of rotatable bonds is 6. The number of nitrogens with one attached hydrogen (secondary N) is 2. The monoisotopic (exact) mass is 510 g/mol. The van der Waals surface area contributed by atoms with E-state index in [0.29, 0.717) is 37.2 Å². The molecular formula is C25H28F2N8O2. The summed E-state index contributed by atoms with van der Waals surface area (Å²) in [5.41, 5.74) is 3.30. The minimum Gasteiger partial charge on any atom is -0.377 e. The minimum absolute atomic E-state index is 0.175. The maximum atomic E-state index is 12.3. The zero-order chi connectivity index (χ0) is 25.8. The molecule has 3 aromatic rings. The Kier molecular flexibility index (Phi) is 7.35. The van der Waals surface area contributed by atoms with Gasteiger partial charge in [-0.15, -0.1) is 0 Å². The molecule has 1 fully saturated rings. The van der Waals surface area contributed by atoms with Gasteiger partial charge in [-0.2, -0.15) is 0 Å². The predicted molar refractivity (Wildman–Crippen MR) is 135 cm³/mol. The van der Waals surface area contributed by atoms with Crippen molar-refractivity contribution in [3.63, 3.8) is 0 Å². The third-order valence-corrected chi connectivity index (χ3v) is 6.34. The van der Waals surface area contributed by atoms with Gasteiger partial charge in [0.2, 0.25) is 5.95 Å². The quantitative estimate of drug-likeness (QED) is 0.521. The van der Waals surface area contributed by atoms with Crippen LogP contribution < -0.4 is 20.4 Å². The van der Waals surface area contributed by atoms with Crippen LogP contribution in [0.2, 0.25) is 0 Å². The molecular weight excluding hydrogens is 482 g/mol. The Bertz CT molecular complexity index is 1230. The number of morpholine rings is 1. The molecule has 0 saturated carbocycles. The number of fused-ring (bicyclic) bond motifs is 1. The molecule has 2 N–H and O–H groups in total. The zero-order valence-electron chi connectivity index (χ0n) is 20.4. The fraction of sp³-hybridized carbons (Fsp3) is 0.400. The summed E-state index contributed by atoms with van der Waals surface area (Å²) in [6, 6.07) is 8.28. The summed E-state index contributed by atoms with van der Waals surface area (Å²) in [6.07, 6.45) is 1.62. The molecule has 0 radical (unpaired) electrons. The molecule has 12 heteroatoms. The van der Waals surface area contributed by atoms with E-state index in [1.165, 1.54) is 0 Å². The number of amides is 2. The average Bonchev–Trinajstić information content (AvgIpc) is 2.92. The SMILES string of the molecule is C[C@H]1COCCN1c1nc(-c2ccc(NC(=O)NCC(F)F)cc2)nc2c1CCN(c1ncccn1)C2. The maximum Gasteiger partial charge on any atom is 0.319 e. The number of urea groups is 1. The lowest BCUT2D eigenvalue weighted by atomic mass is 10.0. The van der Waals surface area contributed by atoms with E-state index in [9.17, 15) is 13.6 Å². The molecule has 0 aliphatic carbocycles. The summed E-state index contributed by atoms with van der Waals surface area (Å²) in [4.78, 5) is 34.9. The van der Waals surface area contributed by atoms with E-state index < -0.39 is 19.0 Å². The first-order chi connectivity index (χ1) is 18.0. The number of hydrogen-bond donors (Lipinski definition) is 2. The number of hydrogen-bond acceptors (Lipinski definition) is 8. The summed E-state index contributed by atoms with van der Waals surface area (Å²) < 4.78 is 30.3. The number of carbonyl (C=O) groups is 1. The first-order valence-electron chi connectivity index (χ1n) is 12.2. The van der Waals surface area contributed by atoms with Crippen molar-refractivity contribution in [1.29, 1.82) is 0 Å². The van der Waals surface area contributed by atoms with Crippen LogP contribution in [0.25, 0.3) is 11.4 Å². The van der Waals surface area contributed by atoms with E-state index in [4.69, 9.17) is 14.7 Å². The van der Waals surface area contributed by atoms with E-state index in [2.05, 4.69) is 37.3 Å². The number of carbonyl (C=O) groups excluding carboxylic acids is 1. The van der Waals surface area contributed by atoms with E-state index in [1.807, 2.05) is 0 Å². The van der Waals surface area contributed by atoms with E-state index in [1.54, 1.807) is 42.7 Å². The smallest absolute Gasteiger partial charge is 0.319 e. The Hall–Kier alpha value is -3.93. The fourth-order valence-corrected chi connectivity index (χ4v) is 4.49. The molecule has 1 aromatic carbocycles.